The molecule has 2 aromatic rings. The van der Waals surface area contributed by atoms with Crippen LogP contribution in [0.3, 0.4) is 0 Å². The second kappa shape index (κ2) is 11.5. The highest BCUT2D eigenvalue weighted by Gasteiger charge is 2.16. The lowest BCUT2D eigenvalue weighted by atomic mass is 10.1. The van der Waals surface area contributed by atoms with Crippen LogP contribution < -0.4 is 25.6 Å². The third-order valence-corrected chi connectivity index (χ3v) is 4.17. The summed E-state index contributed by atoms with van der Waals surface area (Å²) in [7, 11) is 0. The first kappa shape index (κ1) is 22.7. The number of hydrogen-bond donors (Lipinski definition) is 3. The normalized spacial score (nSPS) is 11.2. The Hall–Kier alpha value is -3.55. The summed E-state index contributed by atoms with van der Waals surface area (Å²) in [6, 6.07) is 14.1. The lowest BCUT2D eigenvalue weighted by molar-refractivity contribution is -0.132. The van der Waals surface area contributed by atoms with Gasteiger partial charge in [0.1, 0.15) is 11.5 Å². The highest BCUT2D eigenvalue weighted by Crippen LogP contribution is 2.18. The fourth-order valence-electron chi connectivity index (χ4n) is 2.55. The summed E-state index contributed by atoms with van der Waals surface area (Å²) >= 11 is 0. The molecular weight excluding hydrogens is 386 g/mol. The number of hydrazine groups is 1. The number of aryl methyl sites for hydroxylation is 1. The van der Waals surface area contributed by atoms with Gasteiger partial charge in [0.15, 0.2) is 6.10 Å². The fourth-order valence-corrected chi connectivity index (χ4v) is 2.55. The van der Waals surface area contributed by atoms with Crippen LogP contribution >= 0.6 is 0 Å². The van der Waals surface area contributed by atoms with Gasteiger partial charge in [-0.3, -0.25) is 25.2 Å². The number of benzene rings is 2. The number of rotatable bonds is 9. The van der Waals surface area contributed by atoms with Crippen LogP contribution in [-0.4, -0.2) is 37.0 Å². The largest absolute Gasteiger partial charge is 0.494 e. The van der Waals surface area contributed by atoms with Crippen LogP contribution in [0.5, 0.6) is 11.5 Å². The molecule has 3 amide bonds. The van der Waals surface area contributed by atoms with Crippen LogP contribution in [0, 0.1) is 6.92 Å². The van der Waals surface area contributed by atoms with E-state index in [1.54, 1.807) is 43.3 Å². The molecule has 3 N–H and O–H groups in total. The molecule has 1 atom stereocenters. The van der Waals surface area contributed by atoms with Crippen molar-refractivity contribution in [2.24, 2.45) is 0 Å². The summed E-state index contributed by atoms with van der Waals surface area (Å²) < 4.78 is 10.9. The van der Waals surface area contributed by atoms with E-state index in [2.05, 4.69) is 16.2 Å². The smallest absolute Gasteiger partial charge is 0.279 e. The minimum atomic E-state index is -0.816. The molecule has 0 bridgehead atoms. The molecule has 0 radical (unpaired) electrons. The van der Waals surface area contributed by atoms with Crippen LogP contribution in [0.15, 0.2) is 48.5 Å². The number of carbonyl (C=O) groups is 3. The monoisotopic (exact) mass is 413 g/mol. The Morgan fingerprint density at radius 2 is 1.63 bits per heavy atom. The fraction of sp³-hybridized carbons (Fsp3) is 0.318. The van der Waals surface area contributed by atoms with Crippen LogP contribution in [-0.2, 0) is 9.59 Å². The van der Waals surface area contributed by atoms with E-state index in [1.807, 2.05) is 26.0 Å². The molecule has 8 heteroatoms. The second-order valence-corrected chi connectivity index (χ2v) is 6.52. The number of ether oxygens (including phenoxy) is 2. The van der Waals surface area contributed by atoms with Crippen LogP contribution in [0.1, 0.15) is 36.2 Å². The molecule has 30 heavy (non-hydrogen) atoms. The maximum Gasteiger partial charge on any atom is 0.279 e. The van der Waals surface area contributed by atoms with Gasteiger partial charge >= 0.3 is 0 Å². The zero-order valence-corrected chi connectivity index (χ0v) is 17.4. The van der Waals surface area contributed by atoms with Crippen molar-refractivity contribution in [3.8, 4) is 11.5 Å². The zero-order valence-electron chi connectivity index (χ0n) is 17.4. The highest BCUT2D eigenvalue weighted by molar-refractivity contribution is 5.95. The Morgan fingerprint density at radius 3 is 2.30 bits per heavy atom. The van der Waals surface area contributed by atoms with Crippen molar-refractivity contribution in [3.05, 3.63) is 59.7 Å². The predicted octanol–water partition coefficient (Wildman–Crippen LogP) is 2.13. The molecule has 0 saturated heterocycles. The highest BCUT2D eigenvalue weighted by atomic mass is 16.5. The van der Waals surface area contributed by atoms with E-state index < -0.39 is 17.9 Å². The van der Waals surface area contributed by atoms with Crippen molar-refractivity contribution in [2.45, 2.75) is 33.3 Å². The van der Waals surface area contributed by atoms with Gasteiger partial charge in [-0.1, -0.05) is 18.2 Å². The first-order valence-corrected chi connectivity index (χ1v) is 9.72. The Labute approximate surface area is 175 Å². The molecule has 8 nitrogen and oxygen atoms in total. The van der Waals surface area contributed by atoms with Crippen LogP contribution in [0.4, 0.5) is 0 Å². The van der Waals surface area contributed by atoms with Crippen molar-refractivity contribution >= 4 is 17.7 Å². The van der Waals surface area contributed by atoms with Crippen LogP contribution in [0.2, 0.25) is 0 Å². The van der Waals surface area contributed by atoms with E-state index in [0.29, 0.717) is 23.7 Å². The maximum absolute atomic E-state index is 12.1. The molecule has 1 unspecified atom stereocenters. The molecular formula is C22H27N3O5. The van der Waals surface area contributed by atoms with E-state index in [4.69, 9.17) is 9.47 Å². The molecule has 0 aliphatic rings. The van der Waals surface area contributed by atoms with Gasteiger partial charge in [-0.2, -0.15) is 0 Å². The van der Waals surface area contributed by atoms with E-state index in [1.165, 1.54) is 0 Å². The Morgan fingerprint density at radius 1 is 0.967 bits per heavy atom. The standard InChI is InChI=1S/C22H27N3O5/c1-4-29-17-9-11-18(12-10-17)30-16(3)21(27)25-24-20(26)13-14-23-22(28)19-8-6-5-7-15(19)2/h5-12,16H,4,13-14H2,1-3H3,(H,23,28)(H,24,26)(H,25,27). The van der Waals surface area contributed by atoms with E-state index in [-0.39, 0.29) is 18.9 Å². The molecule has 0 aliphatic heterocycles. The first-order valence-electron chi connectivity index (χ1n) is 9.72. The van der Waals surface area contributed by atoms with Gasteiger partial charge in [0.2, 0.25) is 5.91 Å². The average Bonchev–Trinajstić information content (AvgIpc) is 2.73. The molecule has 0 heterocycles. The molecule has 2 rings (SSSR count). The predicted molar refractivity (Wildman–Crippen MR) is 112 cm³/mol. The van der Waals surface area contributed by atoms with Crippen molar-refractivity contribution in [1.29, 1.82) is 0 Å². The Kier molecular flexibility index (Phi) is 8.68. The summed E-state index contributed by atoms with van der Waals surface area (Å²) in [4.78, 5) is 36.1. The third kappa shape index (κ3) is 7.12. The van der Waals surface area contributed by atoms with Crippen molar-refractivity contribution < 1.29 is 23.9 Å². The number of nitrogens with one attached hydrogen (secondary N) is 3. The molecule has 0 aliphatic carbocycles. The summed E-state index contributed by atoms with van der Waals surface area (Å²) in [6.07, 6.45) is -0.796. The Balaban J connectivity index is 1.68. The topological polar surface area (TPSA) is 106 Å². The number of amides is 3. The maximum atomic E-state index is 12.1. The Bertz CT molecular complexity index is 867. The minimum absolute atomic E-state index is 0.0199. The van der Waals surface area contributed by atoms with Gasteiger partial charge in [-0.25, -0.2) is 0 Å². The third-order valence-electron chi connectivity index (χ3n) is 4.17. The van der Waals surface area contributed by atoms with Gasteiger partial charge < -0.3 is 14.8 Å². The molecule has 0 saturated carbocycles. The lowest BCUT2D eigenvalue weighted by Gasteiger charge is -2.15. The van der Waals surface area contributed by atoms with Gasteiger partial charge in [-0.15, -0.1) is 0 Å². The van der Waals surface area contributed by atoms with Crippen molar-refractivity contribution in [2.75, 3.05) is 13.2 Å². The van der Waals surface area contributed by atoms with Gasteiger partial charge in [0, 0.05) is 18.5 Å². The summed E-state index contributed by atoms with van der Waals surface area (Å²) in [5.74, 6) is 0.0419. The van der Waals surface area contributed by atoms with Gasteiger partial charge in [-0.05, 0) is 56.7 Å². The lowest BCUT2D eigenvalue weighted by Crippen LogP contribution is -2.47. The molecule has 160 valence electrons. The number of hydrogen-bond acceptors (Lipinski definition) is 5. The van der Waals surface area contributed by atoms with E-state index >= 15 is 0 Å². The molecule has 0 aromatic heterocycles. The average molecular weight is 413 g/mol. The van der Waals surface area contributed by atoms with E-state index in [9.17, 15) is 14.4 Å². The van der Waals surface area contributed by atoms with Crippen LogP contribution in [0.25, 0.3) is 0 Å². The summed E-state index contributed by atoms with van der Waals surface area (Å²) in [5, 5.41) is 2.68. The SMILES string of the molecule is CCOc1ccc(OC(C)C(=O)NNC(=O)CCNC(=O)c2ccccc2C)cc1. The quantitative estimate of drug-likeness (QED) is 0.546. The summed E-state index contributed by atoms with van der Waals surface area (Å²) in [5.41, 5.74) is 6.04. The first-order chi connectivity index (χ1) is 14.4. The molecule has 2 aromatic carbocycles. The molecule has 0 fully saturated rings. The van der Waals surface area contributed by atoms with Crippen molar-refractivity contribution in [1.82, 2.24) is 16.2 Å². The zero-order chi connectivity index (χ0) is 21.9. The van der Waals surface area contributed by atoms with E-state index in [0.717, 1.165) is 5.56 Å². The summed E-state index contributed by atoms with van der Waals surface area (Å²) in [6.45, 7) is 6.01. The van der Waals surface area contributed by atoms with Gasteiger partial charge in [0.05, 0.1) is 6.61 Å². The van der Waals surface area contributed by atoms with Crippen molar-refractivity contribution in [3.63, 3.8) is 0 Å². The molecule has 0 spiro atoms. The minimum Gasteiger partial charge on any atom is -0.494 e. The van der Waals surface area contributed by atoms with Gasteiger partial charge in [0.25, 0.3) is 11.8 Å². The second-order valence-electron chi connectivity index (χ2n) is 6.52. The number of carbonyl (C=O) groups excluding carboxylic acids is 3.